The molecule has 1 aliphatic heterocycles. The van der Waals surface area contributed by atoms with Crippen LogP contribution in [0.2, 0.25) is 0 Å². The monoisotopic (exact) mass is 403 g/mol. The molecular formula is C23H21N3O4. The van der Waals surface area contributed by atoms with Crippen molar-refractivity contribution in [3.05, 3.63) is 66.4 Å². The number of hydrogen-bond donors (Lipinski definition) is 1. The second-order valence-corrected chi connectivity index (χ2v) is 7.08. The number of fused-ring (bicyclic) bond motifs is 1. The molecule has 0 aliphatic carbocycles. The predicted octanol–water partition coefficient (Wildman–Crippen LogP) is 3.09. The topological polar surface area (TPSA) is 88.6 Å². The van der Waals surface area contributed by atoms with Crippen molar-refractivity contribution in [2.45, 2.75) is 19.3 Å². The van der Waals surface area contributed by atoms with Gasteiger partial charge in [0.15, 0.2) is 6.61 Å². The predicted molar refractivity (Wildman–Crippen MR) is 113 cm³/mol. The number of amides is 2. The maximum atomic E-state index is 12.2. The summed E-state index contributed by atoms with van der Waals surface area (Å²) in [5.74, 6) is -0.785. The number of aromatic nitrogens is 1. The lowest BCUT2D eigenvalue weighted by atomic mass is 10.1. The molecule has 30 heavy (non-hydrogen) atoms. The zero-order valence-corrected chi connectivity index (χ0v) is 16.3. The number of rotatable bonds is 6. The van der Waals surface area contributed by atoms with Gasteiger partial charge in [0, 0.05) is 30.2 Å². The van der Waals surface area contributed by atoms with Crippen LogP contribution < -0.4 is 10.2 Å². The Morgan fingerprint density at radius 3 is 2.67 bits per heavy atom. The first-order valence-corrected chi connectivity index (χ1v) is 9.79. The number of pyridine rings is 1. The van der Waals surface area contributed by atoms with E-state index in [2.05, 4.69) is 10.3 Å². The number of anilines is 2. The smallest absolute Gasteiger partial charge is 0.310 e. The molecule has 2 aromatic carbocycles. The number of esters is 1. The van der Waals surface area contributed by atoms with Crippen LogP contribution in [0.4, 0.5) is 11.4 Å². The Labute approximate surface area is 173 Å². The number of carbonyl (C=O) groups is 3. The number of benzene rings is 2. The quantitative estimate of drug-likeness (QED) is 0.639. The largest absolute Gasteiger partial charge is 0.455 e. The van der Waals surface area contributed by atoms with Crippen molar-refractivity contribution in [1.29, 1.82) is 0 Å². The Morgan fingerprint density at radius 1 is 1.07 bits per heavy atom. The second kappa shape index (κ2) is 8.73. The van der Waals surface area contributed by atoms with Gasteiger partial charge in [-0.15, -0.1) is 0 Å². The van der Waals surface area contributed by atoms with E-state index in [1.165, 1.54) is 0 Å². The van der Waals surface area contributed by atoms with E-state index in [9.17, 15) is 14.4 Å². The minimum absolute atomic E-state index is 0.0553. The highest BCUT2D eigenvalue weighted by Crippen LogP contribution is 2.22. The third kappa shape index (κ3) is 4.46. The third-order valence-corrected chi connectivity index (χ3v) is 4.95. The van der Waals surface area contributed by atoms with E-state index in [4.69, 9.17) is 4.74 Å². The Morgan fingerprint density at radius 2 is 1.90 bits per heavy atom. The van der Waals surface area contributed by atoms with Crippen LogP contribution in [0.3, 0.4) is 0 Å². The molecule has 0 saturated carbocycles. The fourth-order valence-corrected chi connectivity index (χ4v) is 3.48. The van der Waals surface area contributed by atoms with Crippen LogP contribution in [0.5, 0.6) is 0 Å². The first-order valence-electron chi connectivity index (χ1n) is 9.79. The molecule has 0 unspecified atom stereocenters. The molecule has 0 spiro atoms. The van der Waals surface area contributed by atoms with Gasteiger partial charge in [-0.05, 0) is 48.4 Å². The van der Waals surface area contributed by atoms with E-state index in [1.807, 2.05) is 24.3 Å². The summed E-state index contributed by atoms with van der Waals surface area (Å²) in [5, 5.41) is 3.57. The van der Waals surface area contributed by atoms with Crippen LogP contribution in [-0.2, 0) is 25.5 Å². The third-order valence-electron chi connectivity index (χ3n) is 4.95. The van der Waals surface area contributed by atoms with Crippen LogP contribution >= 0.6 is 0 Å². The number of nitrogens with zero attached hydrogens (tertiary/aromatic N) is 2. The molecule has 7 heteroatoms. The molecule has 1 aromatic heterocycles. The van der Waals surface area contributed by atoms with E-state index in [0.29, 0.717) is 12.1 Å². The Bertz CT molecular complexity index is 1090. The average Bonchev–Trinajstić information content (AvgIpc) is 3.19. The van der Waals surface area contributed by atoms with Crippen LogP contribution in [0.1, 0.15) is 18.4 Å². The van der Waals surface area contributed by atoms with Gasteiger partial charge >= 0.3 is 5.97 Å². The maximum absolute atomic E-state index is 12.2. The first kappa shape index (κ1) is 19.6. The van der Waals surface area contributed by atoms with Crippen LogP contribution in [0, 0.1) is 0 Å². The van der Waals surface area contributed by atoms with Crippen molar-refractivity contribution in [3.63, 3.8) is 0 Å². The van der Waals surface area contributed by atoms with Crippen LogP contribution in [-0.4, -0.2) is 35.9 Å². The lowest BCUT2D eigenvalue weighted by Crippen LogP contribution is -2.23. The van der Waals surface area contributed by atoms with Crippen LogP contribution in [0.15, 0.2) is 60.8 Å². The van der Waals surface area contributed by atoms with E-state index >= 15 is 0 Å². The summed E-state index contributed by atoms with van der Waals surface area (Å²) in [7, 11) is 0. The summed E-state index contributed by atoms with van der Waals surface area (Å²) in [6.45, 7) is 0.359. The molecule has 2 amide bonds. The first-order chi connectivity index (χ1) is 14.6. The van der Waals surface area contributed by atoms with Gasteiger partial charge in [-0.3, -0.25) is 19.4 Å². The number of nitrogens with one attached hydrogen (secondary N) is 1. The summed E-state index contributed by atoms with van der Waals surface area (Å²) in [6, 6.07) is 16.3. The van der Waals surface area contributed by atoms with Crippen LogP contribution in [0.25, 0.3) is 10.9 Å². The minimum Gasteiger partial charge on any atom is -0.455 e. The highest BCUT2D eigenvalue weighted by Gasteiger charge is 2.21. The number of carbonyl (C=O) groups excluding carboxylic acids is 3. The van der Waals surface area contributed by atoms with Crippen molar-refractivity contribution in [1.82, 2.24) is 4.98 Å². The molecule has 1 N–H and O–H groups in total. The molecule has 0 atom stereocenters. The molecule has 4 rings (SSSR count). The molecule has 7 nitrogen and oxygen atoms in total. The molecule has 0 bridgehead atoms. The summed E-state index contributed by atoms with van der Waals surface area (Å²) in [5.41, 5.74) is 2.98. The minimum atomic E-state index is -0.491. The van der Waals surface area contributed by atoms with Gasteiger partial charge in [-0.2, -0.15) is 0 Å². The van der Waals surface area contributed by atoms with E-state index in [-0.39, 0.29) is 18.9 Å². The lowest BCUT2D eigenvalue weighted by molar-refractivity contribution is -0.146. The summed E-state index contributed by atoms with van der Waals surface area (Å²) in [6.07, 6.45) is 3.18. The highest BCUT2D eigenvalue weighted by atomic mass is 16.5. The molecular weight excluding hydrogens is 382 g/mol. The molecule has 1 saturated heterocycles. The highest BCUT2D eigenvalue weighted by molar-refractivity contribution is 6.01. The van der Waals surface area contributed by atoms with Crippen molar-refractivity contribution in [2.24, 2.45) is 0 Å². The van der Waals surface area contributed by atoms with Crippen molar-refractivity contribution >= 4 is 40.1 Å². The van der Waals surface area contributed by atoms with E-state index < -0.39 is 11.9 Å². The Kier molecular flexibility index (Phi) is 5.70. The summed E-state index contributed by atoms with van der Waals surface area (Å²) in [4.78, 5) is 42.1. The molecule has 2 heterocycles. The zero-order valence-electron chi connectivity index (χ0n) is 16.3. The zero-order chi connectivity index (χ0) is 20.9. The molecule has 152 valence electrons. The van der Waals surface area contributed by atoms with Crippen molar-refractivity contribution in [3.8, 4) is 0 Å². The Balaban J connectivity index is 1.29. The fraction of sp³-hybridized carbons (Fsp3) is 0.217. The fourth-order valence-electron chi connectivity index (χ4n) is 3.48. The van der Waals surface area contributed by atoms with E-state index in [0.717, 1.165) is 35.1 Å². The normalized spacial score (nSPS) is 13.5. The van der Waals surface area contributed by atoms with Gasteiger partial charge in [0.1, 0.15) is 0 Å². The van der Waals surface area contributed by atoms with Gasteiger partial charge < -0.3 is 15.0 Å². The number of hydrogen-bond acceptors (Lipinski definition) is 5. The molecule has 0 radical (unpaired) electrons. The molecule has 1 aliphatic rings. The second-order valence-electron chi connectivity index (χ2n) is 7.08. The van der Waals surface area contributed by atoms with Crippen molar-refractivity contribution in [2.75, 3.05) is 23.4 Å². The molecule has 3 aromatic rings. The standard InChI is InChI=1S/C23H21N3O4/c27-21(25-20-6-1-5-19-18(20)4-2-12-24-19)15-30-23(29)14-16-8-10-17(11-9-16)26-13-3-7-22(26)28/h1-2,4-6,8-12H,3,7,13-15H2,(H,25,27). The van der Waals surface area contributed by atoms with E-state index in [1.54, 1.807) is 41.4 Å². The summed E-state index contributed by atoms with van der Waals surface area (Å²) >= 11 is 0. The summed E-state index contributed by atoms with van der Waals surface area (Å²) < 4.78 is 5.11. The van der Waals surface area contributed by atoms with Gasteiger partial charge in [0.25, 0.3) is 5.91 Å². The lowest BCUT2D eigenvalue weighted by Gasteiger charge is -2.15. The van der Waals surface area contributed by atoms with Gasteiger partial charge in [-0.1, -0.05) is 18.2 Å². The maximum Gasteiger partial charge on any atom is 0.310 e. The van der Waals surface area contributed by atoms with Gasteiger partial charge in [0.05, 0.1) is 17.6 Å². The number of ether oxygens (including phenoxy) is 1. The van der Waals surface area contributed by atoms with Gasteiger partial charge in [0.2, 0.25) is 5.91 Å². The van der Waals surface area contributed by atoms with Crippen molar-refractivity contribution < 1.29 is 19.1 Å². The van der Waals surface area contributed by atoms with Gasteiger partial charge in [-0.25, -0.2) is 0 Å². The molecule has 1 fully saturated rings. The Hall–Kier alpha value is -3.74. The average molecular weight is 403 g/mol. The SMILES string of the molecule is O=C(COC(=O)Cc1ccc(N2CCCC2=O)cc1)Nc1cccc2ncccc12.